The molecule has 0 aliphatic carbocycles. The molecule has 2 aromatic rings. The monoisotopic (exact) mass is 444 g/mol. The normalized spacial score (nSPS) is 11.2. The Hall–Kier alpha value is -3.13. The number of nitrogens with zero attached hydrogens (tertiary/aromatic N) is 4. The minimum absolute atomic E-state index is 0.117. The van der Waals surface area contributed by atoms with Gasteiger partial charge in [0.25, 0.3) is 0 Å². The maximum atomic E-state index is 12.8. The molecule has 0 saturated carbocycles. The molecule has 7 nitrogen and oxygen atoms in total. The third kappa shape index (κ3) is 10.8. The van der Waals surface area contributed by atoms with Gasteiger partial charge in [-0.1, -0.05) is 26.8 Å². The molecule has 32 heavy (non-hydrogen) atoms. The van der Waals surface area contributed by atoms with Crippen molar-refractivity contribution in [2.45, 2.75) is 47.1 Å². The maximum Gasteiger partial charge on any atom is 0.178 e. The van der Waals surface area contributed by atoms with Gasteiger partial charge in [-0.05, 0) is 38.5 Å². The van der Waals surface area contributed by atoms with E-state index in [2.05, 4.69) is 33.8 Å². The van der Waals surface area contributed by atoms with Crippen molar-refractivity contribution in [2.75, 3.05) is 30.4 Å². The van der Waals surface area contributed by atoms with E-state index in [4.69, 9.17) is 5.41 Å². The second-order valence-corrected chi connectivity index (χ2v) is 6.64. The summed E-state index contributed by atoms with van der Waals surface area (Å²) in [5.74, 6) is 0.437. The fourth-order valence-corrected chi connectivity index (χ4v) is 2.31. The molecule has 0 bridgehead atoms. The first-order chi connectivity index (χ1) is 15.3. The number of aliphatic hydroxyl groups excluding tert-OH is 1. The molecule has 0 aliphatic rings. The Kier molecular flexibility index (Phi) is 14.9. The number of aromatic nitrogens is 3. The van der Waals surface area contributed by atoms with Gasteiger partial charge in [0.05, 0.1) is 30.0 Å². The molecule has 0 aromatic carbocycles. The van der Waals surface area contributed by atoms with Crippen molar-refractivity contribution < 1.29 is 9.50 Å². The highest BCUT2D eigenvalue weighted by Gasteiger charge is 2.14. The van der Waals surface area contributed by atoms with Crippen molar-refractivity contribution in [3.63, 3.8) is 0 Å². The molecule has 2 rings (SSSR count). The Morgan fingerprint density at radius 3 is 2.41 bits per heavy atom. The molecule has 2 heterocycles. The summed E-state index contributed by atoms with van der Waals surface area (Å²) in [5, 5.41) is 20.8. The molecule has 8 heteroatoms. The van der Waals surface area contributed by atoms with Crippen LogP contribution in [-0.4, -0.2) is 52.0 Å². The smallest absolute Gasteiger partial charge is 0.178 e. The van der Waals surface area contributed by atoms with E-state index in [0.717, 1.165) is 12.1 Å². The molecule has 0 fully saturated rings. The van der Waals surface area contributed by atoms with Gasteiger partial charge in [0.15, 0.2) is 5.82 Å². The summed E-state index contributed by atoms with van der Waals surface area (Å²) in [6, 6.07) is 3.45. The van der Waals surface area contributed by atoms with Crippen LogP contribution in [0.1, 0.15) is 52.4 Å². The number of allylic oxidation sites excluding steroid dienone is 2. The van der Waals surface area contributed by atoms with Crippen LogP contribution < -0.4 is 10.2 Å². The standard InChI is InChI=1S/C18H23FN6O.C4H8.C2H6/c1-12(19)6-8-22-17-15(5-4-7-21-17)16(20)18-23-9-14(10-24-18)25(3)11-13(2)26;1-3-4-2;1-2/h4-7,9-10,13,20,26H,8,11H2,1-3H3,(H,21,22);3H,1,4H2,2H3;1-2H3/b12-6-,20-16?;;/t13-;;/m1../s1. The first kappa shape index (κ1) is 28.9. The molecule has 0 amide bonds. The van der Waals surface area contributed by atoms with Gasteiger partial charge in [0.1, 0.15) is 11.5 Å². The first-order valence-corrected chi connectivity index (χ1v) is 10.7. The highest BCUT2D eigenvalue weighted by Crippen LogP contribution is 2.16. The number of anilines is 2. The van der Waals surface area contributed by atoms with E-state index < -0.39 is 6.10 Å². The van der Waals surface area contributed by atoms with Crippen molar-refractivity contribution in [2.24, 2.45) is 0 Å². The highest BCUT2D eigenvalue weighted by molar-refractivity contribution is 6.11. The van der Waals surface area contributed by atoms with Crippen molar-refractivity contribution in [3.05, 3.63) is 66.7 Å². The molecule has 0 aliphatic heterocycles. The quantitative estimate of drug-likeness (QED) is 0.372. The van der Waals surface area contributed by atoms with E-state index in [-0.39, 0.29) is 23.9 Å². The maximum absolute atomic E-state index is 12.8. The Morgan fingerprint density at radius 2 is 1.91 bits per heavy atom. The summed E-state index contributed by atoms with van der Waals surface area (Å²) >= 11 is 0. The van der Waals surface area contributed by atoms with Crippen molar-refractivity contribution >= 4 is 17.2 Å². The number of halogens is 1. The van der Waals surface area contributed by atoms with Crippen LogP contribution in [0.5, 0.6) is 0 Å². The summed E-state index contributed by atoms with van der Waals surface area (Å²) in [6.07, 6.45) is 8.70. The lowest BCUT2D eigenvalue weighted by atomic mass is 10.1. The number of aliphatic hydroxyl groups is 1. The molecule has 3 N–H and O–H groups in total. The van der Waals surface area contributed by atoms with Crippen LogP contribution in [0.4, 0.5) is 15.9 Å². The van der Waals surface area contributed by atoms with E-state index in [1.807, 2.05) is 31.9 Å². The lowest BCUT2D eigenvalue weighted by Crippen LogP contribution is -2.27. The van der Waals surface area contributed by atoms with Gasteiger partial charge in [0.2, 0.25) is 0 Å². The van der Waals surface area contributed by atoms with Gasteiger partial charge in [-0.2, -0.15) is 0 Å². The Bertz CT molecular complexity index is 833. The van der Waals surface area contributed by atoms with Gasteiger partial charge in [0, 0.05) is 31.9 Å². The van der Waals surface area contributed by atoms with Crippen LogP contribution in [0.3, 0.4) is 0 Å². The van der Waals surface area contributed by atoms with Crippen LogP contribution in [-0.2, 0) is 0 Å². The van der Waals surface area contributed by atoms with Crippen LogP contribution in [0.2, 0.25) is 0 Å². The van der Waals surface area contributed by atoms with Crippen molar-refractivity contribution in [1.29, 1.82) is 5.41 Å². The molecule has 176 valence electrons. The minimum atomic E-state index is -0.469. The zero-order valence-electron chi connectivity index (χ0n) is 20.1. The van der Waals surface area contributed by atoms with Gasteiger partial charge >= 0.3 is 0 Å². The number of likely N-dealkylation sites (N-methyl/N-ethyl adjacent to an activating group) is 1. The summed E-state index contributed by atoms with van der Waals surface area (Å²) in [7, 11) is 1.83. The topological polar surface area (TPSA) is 98.0 Å². The first-order valence-electron chi connectivity index (χ1n) is 10.7. The lowest BCUT2D eigenvalue weighted by molar-refractivity contribution is 0.201. The van der Waals surface area contributed by atoms with E-state index in [1.165, 1.54) is 13.0 Å². The van der Waals surface area contributed by atoms with Gasteiger partial charge in [-0.25, -0.2) is 19.3 Å². The SMILES string of the molecule is C/C(F)=C/CNc1ncccc1C(=N)c1ncc(N(C)C[C@@H](C)O)cn1.C=CCC.CC. The molecule has 0 radical (unpaired) electrons. The fourth-order valence-electron chi connectivity index (χ4n) is 2.31. The van der Waals surface area contributed by atoms with Crippen LogP contribution >= 0.6 is 0 Å². The van der Waals surface area contributed by atoms with E-state index in [9.17, 15) is 9.50 Å². The summed E-state index contributed by atoms with van der Waals surface area (Å²) in [6.45, 7) is 13.3. The number of hydrogen-bond donors (Lipinski definition) is 3. The largest absolute Gasteiger partial charge is 0.392 e. The number of rotatable bonds is 9. The van der Waals surface area contributed by atoms with Gasteiger partial charge in [-0.15, -0.1) is 6.58 Å². The molecule has 1 atom stereocenters. The van der Waals surface area contributed by atoms with Gasteiger partial charge in [-0.3, -0.25) is 5.41 Å². The molecule has 0 spiro atoms. The summed E-state index contributed by atoms with van der Waals surface area (Å²) in [5.41, 5.74) is 1.39. The van der Waals surface area contributed by atoms with Crippen molar-refractivity contribution in [1.82, 2.24) is 15.0 Å². The van der Waals surface area contributed by atoms with E-state index in [0.29, 0.717) is 17.9 Å². The Morgan fingerprint density at radius 1 is 1.31 bits per heavy atom. The van der Waals surface area contributed by atoms with E-state index >= 15 is 0 Å². The molecule has 0 saturated heterocycles. The highest BCUT2D eigenvalue weighted by atomic mass is 19.1. The van der Waals surface area contributed by atoms with Crippen LogP contribution in [0.15, 0.2) is 55.3 Å². The third-order valence-corrected chi connectivity index (χ3v) is 3.86. The van der Waals surface area contributed by atoms with E-state index in [1.54, 1.807) is 37.6 Å². The molecule has 2 aromatic heterocycles. The Labute approximate surface area is 191 Å². The van der Waals surface area contributed by atoms with Crippen LogP contribution in [0, 0.1) is 5.41 Å². The predicted molar refractivity (Wildman–Crippen MR) is 132 cm³/mol. The molecular formula is C24H37FN6O. The fraction of sp³-hybridized carbons (Fsp3) is 0.417. The predicted octanol–water partition coefficient (Wildman–Crippen LogP) is 5.00. The Balaban J connectivity index is 0.00000144. The third-order valence-electron chi connectivity index (χ3n) is 3.86. The molecular weight excluding hydrogens is 407 g/mol. The van der Waals surface area contributed by atoms with Crippen LogP contribution in [0.25, 0.3) is 0 Å². The molecule has 0 unspecified atom stereocenters. The average Bonchev–Trinajstić information content (AvgIpc) is 2.80. The number of pyridine rings is 1. The number of hydrogen-bond acceptors (Lipinski definition) is 7. The second kappa shape index (κ2) is 16.5. The zero-order chi connectivity index (χ0) is 24.5. The zero-order valence-corrected chi connectivity index (χ0v) is 20.1. The summed E-state index contributed by atoms with van der Waals surface area (Å²) in [4.78, 5) is 14.5. The summed E-state index contributed by atoms with van der Waals surface area (Å²) < 4.78 is 12.8. The lowest BCUT2D eigenvalue weighted by Gasteiger charge is -2.20. The van der Waals surface area contributed by atoms with Gasteiger partial charge < -0.3 is 15.3 Å². The minimum Gasteiger partial charge on any atom is -0.392 e. The number of nitrogens with one attached hydrogen (secondary N) is 2. The second-order valence-electron chi connectivity index (χ2n) is 6.64. The average molecular weight is 445 g/mol. The van der Waals surface area contributed by atoms with Crippen molar-refractivity contribution in [3.8, 4) is 0 Å².